The zero-order valence-electron chi connectivity index (χ0n) is 8.97. The minimum absolute atomic E-state index is 0.243. The Labute approximate surface area is 92.2 Å². The van der Waals surface area contributed by atoms with Crippen molar-refractivity contribution in [2.24, 2.45) is 0 Å². The van der Waals surface area contributed by atoms with Crippen LogP contribution in [0.2, 0.25) is 0 Å². The largest absolute Gasteiger partial charge is 0.464 e. The average molecular weight is 250 g/mol. The fourth-order valence-corrected chi connectivity index (χ4v) is 1.86. The number of nitrogens with zero attached hydrogens (tertiary/aromatic N) is 2. The Kier molecular flexibility index (Phi) is 3.32. The van der Waals surface area contributed by atoms with Crippen LogP contribution < -0.4 is 0 Å². The van der Waals surface area contributed by atoms with Crippen LogP contribution in [-0.2, 0) is 15.0 Å². The first-order valence-electron chi connectivity index (χ1n) is 4.40. The molecular formula is C8H11FN2O4S. The Morgan fingerprint density at radius 3 is 2.44 bits per heavy atom. The molecule has 90 valence electrons. The van der Waals surface area contributed by atoms with Gasteiger partial charge in [0.1, 0.15) is 0 Å². The van der Waals surface area contributed by atoms with E-state index in [2.05, 4.69) is 9.84 Å². The van der Waals surface area contributed by atoms with Gasteiger partial charge in [-0.3, -0.25) is 0 Å². The Morgan fingerprint density at radius 2 is 2.12 bits per heavy atom. The van der Waals surface area contributed by atoms with Crippen LogP contribution in [0.5, 0.6) is 0 Å². The van der Waals surface area contributed by atoms with Crippen molar-refractivity contribution in [2.75, 3.05) is 7.11 Å². The third kappa shape index (κ3) is 2.38. The van der Waals surface area contributed by atoms with Gasteiger partial charge >= 0.3 is 16.2 Å². The van der Waals surface area contributed by atoms with Crippen LogP contribution >= 0.6 is 0 Å². The molecule has 0 atom stereocenters. The minimum atomic E-state index is -4.91. The molecule has 1 aromatic heterocycles. The van der Waals surface area contributed by atoms with E-state index < -0.39 is 21.2 Å². The highest BCUT2D eigenvalue weighted by molar-refractivity contribution is 7.86. The van der Waals surface area contributed by atoms with Crippen molar-refractivity contribution in [3.05, 3.63) is 11.8 Å². The summed E-state index contributed by atoms with van der Waals surface area (Å²) in [4.78, 5) is 11.1. The number of carbonyl (C=O) groups excluding carboxylic acids is 1. The first kappa shape index (κ1) is 12.6. The maximum Gasteiger partial charge on any atom is 0.358 e. The van der Waals surface area contributed by atoms with E-state index >= 15 is 0 Å². The molecule has 0 bridgehead atoms. The fourth-order valence-electron chi connectivity index (χ4n) is 1.13. The third-order valence-corrected chi connectivity index (χ3v) is 2.64. The van der Waals surface area contributed by atoms with Gasteiger partial charge in [0.05, 0.1) is 7.11 Å². The quantitative estimate of drug-likeness (QED) is 0.588. The molecule has 0 aliphatic carbocycles. The van der Waals surface area contributed by atoms with Gasteiger partial charge in [-0.15, -0.1) is 0 Å². The summed E-state index contributed by atoms with van der Waals surface area (Å²) < 4.78 is 39.8. The molecule has 0 aliphatic rings. The molecule has 6 nitrogen and oxygen atoms in total. The van der Waals surface area contributed by atoms with Gasteiger partial charge in [-0.2, -0.15) is 13.5 Å². The second-order valence-corrected chi connectivity index (χ2v) is 4.63. The SMILES string of the molecule is COC(=O)c1cc(S(=O)(=O)F)n(C(C)C)n1. The summed E-state index contributed by atoms with van der Waals surface area (Å²) in [6, 6.07) is 0.459. The van der Waals surface area contributed by atoms with Gasteiger partial charge in [0.25, 0.3) is 0 Å². The van der Waals surface area contributed by atoms with E-state index in [1.165, 1.54) is 0 Å². The average Bonchev–Trinajstić information content (AvgIpc) is 2.60. The van der Waals surface area contributed by atoms with Crippen molar-refractivity contribution in [3.63, 3.8) is 0 Å². The highest BCUT2D eigenvalue weighted by Gasteiger charge is 2.25. The van der Waals surface area contributed by atoms with Crippen molar-refractivity contribution in [2.45, 2.75) is 24.9 Å². The Balaban J connectivity index is 3.38. The summed E-state index contributed by atoms with van der Waals surface area (Å²) in [6.07, 6.45) is 0. The molecular weight excluding hydrogens is 239 g/mol. The molecule has 0 spiro atoms. The molecule has 0 amide bonds. The lowest BCUT2D eigenvalue weighted by atomic mass is 10.4. The topological polar surface area (TPSA) is 78.3 Å². The smallest absolute Gasteiger partial charge is 0.358 e. The molecule has 0 aromatic carbocycles. The summed E-state index contributed by atoms with van der Waals surface area (Å²) in [7, 11) is -3.78. The Hall–Kier alpha value is -1.44. The summed E-state index contributed by atoms with van der Waals surface area (Å²) in [6.45, 7) is 3.23. The zero-order chi connectivity index (χ0) is 12.5. The molecule has 0 saturated heterocycles. The van der Waals surface area contributed by atoms with E-state index in [9.17, 15) is 17.1 Å². The summed E-state index contributed by atoms with van der Waals surface area (Å²) in [5.41, 5.74) is -0.243. The lowest BCUT2D eigenvalue weighted by Crippen LogP contribution is -2.10. The number of hydrogen-bond acceptors (Lipinski definition) is 5. The van der Waals surface area contributed by atoms with Crippen molar-refractivity contribution < 1.29 is 21.8 Å². The third-order valence-electron chi connectivity index (χ3n) is 1.83. The van der Waals surface area contributed by atoms with Crippen LogP contribution in [0.3, 0.4) is 0 Å². The van der Waals surface area contributed by atoms with Gasteiger partial charge in [0.15, 0.2) is 10.7 Å². The zero-order valence-corrected chi connectivity index (χ0v) is 9.78. The van der Waals surface area contributed by atoms with Crippen molar-refractivity contribution in [1.29, 1.82) is 0 Å². The van der Waals surface area contributed by atoms with Crippen LogP contribution in [0.1, 0.15) is 30.4 Å². The van der Waals surface area contributed by atoms with Crippen LogP contribution in [0, 0.1) is 0 Å². The maximum atomic E-state index is 12.9. The molecule has 1 rings (SSSR count). The van der Waals surface area contributed by atoms with Crippen molar-refractivity contribution in [1.82, 2.24) is 9.78 Å². The Morgan fingerprint density at radius 1 is 1.56 bits per heavy atom. The standard InChI is InChI=1S/C8H11FN2O4S/c1-5(2)11-7(16(9,13)14)4-6(10-11)8(12)15-3/h4-5H,1-3H3. The second kappa shape index (κ2) is 4.20. The number of carbonyl (C=O) groups is 1. The normalized spacial score (nSPS) is 11.8. The lowest BCUT2D eigenvalue weighted by molar-refractivity contribution is 0.0593. The molecule has 0 N–H and O–H groups in total. The molecule has 0 fully saturated rings. The minimum Gasteiger partial charge on any atom is -0.464 e. The monoisotopic (exact) mass is 250 g/mol. The fraction of sp³-hybridized carbons (Fsp3) is 0.500. The van der Waals surface area contributed by atoms with Gasteiger partial charge in [0, 0.05) is 12.1 Å². The van der Waals surface area contributed by atoms with Crippen LogP contribution in [0.4, 0.5) is 3.89 Å². The molecule has 1 aromatic rings. The first-order valence-corrected chi connectivity index (χ1v) is 5.78. The second-order valence-electron chi connectivity index (χ2n) is 3.34. The van der Waals surface area contributed by atoms with Gasteiger partial charge in [-0.05, 0) is 13.8 Å². The van der Waals surface area contributed by atoms with E-state index in [0.717, 1.165) is 17.9 Å². The Bertz CT molecular complexity index is 506. The number of hydrogen-bond donors (Lipinski definition) is 0. The highest BCUT2D eigenvalue weighted by atomic mass is 32.3. The summed E-state index contributed by atoms with van der Waals surface area (Å²) >= 11 is 0. The van der Waals surface area contributed by atoms with E-state index in [0.29, 0.717) is 0 Å². The van der Waals surface area contributed by atoms with Crippen LogP contribution in [-0.4, -0.2) is 31.3 Å². The van der Waals surface area contributed by atoms with Crippen LogP contribution in [0.25, 0.3) is 0 Å². The van der Waals surface area contributed by atoms with Gasteiger partial charge in [-0.1, -0.05) is 3.89 Å². The number of rotatable bonds is 3. The molecule has 0 saturated carbocycles. The first-order chi connectivity index (χ1) is 7.27. The predicted octanol–water partition coefficient (Wildman–Crippen LogP) is 0.909. The highest BCUT2D eigenvalue weighted by Crippen LogP contribution is 2.18. The number of halogens is 1. The molecule has 0 aliphatic heterocycles. The van der Waals surface area contributed by atoms with E-state index in [-0.39, 0.29) is 11.7 Å². The molecule has 8 heteroatoms. The van der Waals surface area contributed by atoms with Crippen molar-refractivity contribution >= 4 is 16.2 Å². The number of esters is 1. The molecule has 0 radical (unpaired) electrons. The molecule has 0 unspecified atom stereocenters. The van der Waals surface area contributed by atoms with E-state index in [1.54, 1.807) is 13.8 Å². The molecule has 1 heterocycles. The number of ether oxygens (including phenoxy) is 1. The van der Waals surface area contributed by atoms with E-state index in [1.807, 2.05) is 0 Å². The summed E-state index contributed by atoms with van der Waals surface area (Å²) in [5.74, 6) is -0.815. The predicted molar refractivity (Wildman–Crippen MR) is 52.2 cm³/mol. The van der Waals surface area contributed by atoms with E-state index in [4.69, 9.17) is 0 Å². The van der Waals surface area contributed by atoms with Gasteiger partial charge < -0.3 is 4.74 Å². The lowest BCUT2D eigenvalue weighted by Gasteiger charge is -2.07. The summed E-state index contributed by atoms with van der Waals surface area (Å²) in [5, 5.41) is 3.02. The van der Waals surface area contributed by atoms with Gasteiger partial charge in [0.2, 0.25) is 0 Å². The van der Waals surface area contributed by atoms with Gasteiger partial charge in [-0.25, -0.2) is 9.48 Å². The van der Waals surface area contributed by atoms with Crippen molar-refractivity contribution in [3.8, 4) is 0 Å². The number of methoxy groups -OCH3 is 1. The maximum absolute atomic E-state index is 12.9. The van der Waals surface area contributed by atoms with Crippen LogP contribution in [0.15, 0.2) is 11.1 Å². The number of aromatic nitrogens is 2. The molecule has 16 heavy (non-hydrogen) atoms.